The van der Waals surface area contributed by atoms with Crippen LogP contribution in [0.15, 0.2) is 30.3 Å². The van der Waals surface area contributed by atoms with Crippen molar-refractivity contribution in [1.29, 1.82) is 0 Å². The van der Waals surface area contributed by atoms with Crippen LogP contribution < -0.4 is 4.90 Å². The van der Waals surface area contributed by atoms with Crippen LogP contribution in [0, 0.1) is 22.2 Å². The van der Waals surface area contributed by atoms with Gasteiger partial charge in [-0.25, -0.2) is 0 Å². The quantitative estimate of drug-likeness (QED) is 0.791. The van der Waals surface area contributed by atoms with Crippen molar-refractivity contribution in [3.8, 4) is 0 Å². The van der Waals surface area contributed by atoms with Gasteiger partial charge in [0, 0.05) is 31.9 Å². The number of carbonyl (C=O) groups excluding carboxylic acids is 1. The zero-order valence-electron chi connectivity index (χ0n) is 16.3. The third-order valence-electron chi connectivity index (χ3n) is 7.77. The molecule has 1 aromatic rings. The number of amides is 1. The molecule has 0 spiro atoms. The van der Waals surface area contributed by atoms with E-state index in [9.17, 15) is 4.79 Å². The lowest BCUT2D eigenvalue weighted by Crippen LogP contribution is -2.62. The van der Waals surface area contributed by atoms with Crippen molar-refractivity contribution in [1.82, 2.24) is 4.90 Å². The number of nitrogens with zero attached hydrogens (tertiary/aromatic N) is 2. The first kappa shape index (κ1) is 16.6. The van der Waals surface area contributed by atoms with Crippen LogP contribution in [0.25, 0.3) is 0 Å². The van der Waals surface area contributed by atoms with Crippen LogP contribution in [0.5, 0.6) is 0 Å². The molecule has 2 atom stereocenters. The van der Waals surface area contributed by atoms with Crippen LogP contribution in [-0.2, 0) is 4.79 Å². The second kappa shape index (κ2) is 5.50. The molecule has 0 N–H and O–H groups in total. The van der Waals surface area contributed by atoms with E-state index in [1.807, 2.05) is 0 Å². The van der Waals surface area contributed by atoms with E-state index in [4.69, 9.17) is 0 Å². The van der Waals surface area contributed by atoms with Gasteiger partial charge in [0.25, 0.3) is 0 Å². The van der Waals surface area contributed by atoms with Crippen molar-refractivity contribution in [2.45, 2.75) is 52.4 Å². The number of anilines is 1. The molecule has 5 aliphatic rings. The van der Waals surface area contributed by atoms with Gasteiger partial charge in [-0.15, -0.1) is 0 Å². The predicted molar refractivity (Wildman–Crippen MR) is 105 cm³/mol. The first-order valence-corrected chi connectivity index (χ1v) is 10.5. The molecule has 1 heterocycles. The third-order valence-corrected chi connectivity index (χ3v) is 7.77. The maximum Gasteiger partial charge on any atom is 0.228 e. The molecule has 26 heavy (non-hydrogen) atoms. The summed E-state index contributed by atoms with van der Waals surface area (Å²) >= 11 is 0. The van der Waals surface area contributed by atoms with E-state index >= 15 is 0 Å². The average Bonchev–Trinajstić information content (AvgIpc) is 2.59. The van der Waals surface area contributed by atoms with Gasteiger partial charge in [-0.1, -0.05) is 32.0 Å². The number of rotatable bonds is 2. The summed E-state index contributed by atoms with van der Waals surface area (Å²) in [5.41, 5.74) is 2.07. The van der Waals surface area contributed by atoms with Crippen LogP contribution in [0.1, 0.15) is 52.4 Å². The van der Waals surface area contributed by atoms with Crippen molar-refractivity contribution in [2.24, 2.45) is 22.2 Å². The molecule has 140 valence electrons. The first-order chi connectivity index (χ1) is 12.4. The fourth-order valence-electron chi connectivity index (χ4n) is 7.83. The Morgan fingerprint density at radius 1 is 0.885 bits per heavy atom. The van der Waals surface area contributed by atoms with Crippen molar-refractivity contribution in [3.05, 3.63) is 30.3 Å². The minimum Gasteiger partial charge on any atom is -0.368 e. The highest BCUT2D eigenvalue weighted by molar-refractivity contribution is 5.84. The Labute approximate surface area is 157 Å². The fourth-order valence-corrected chi connectivity index (χ4v) is 7.83. The van der Waals surface area contributed by atoms with Crippen molar-refractivity contribution >= 4 is 11.6 Å². The van der Waals surface area contributed by atoms with Crippen LogP contribution in [0.2, 0.25) is 0 Å². The molecule has 5 fully saturated rings. The number of hydrogen-bond acceptors (Lipinski definition) is 2. The van der Waals surface area contributed by atoms with E-state index in [1.165, 1.54) is 24.9 Å². The average molecular weight is 353 g/mol. The Kier molecular flexibility index (Phi) is 3.52. The lowest BCUT2D eigenvalue weighted by molar-refractivity contribution is -0.179. The summed E-state index contributed by atoms with van der Waals surface area (Å²) in [7, 11) is 0. The van der Waals surface area contributed by atoms with Gasteiger partial charge in [0.1, 0.15) is 0 Å². The molecule has 4 bridgehead atoms. The molecule has 1 aromatic carbocycles. The van der Waals surface area contributed by atoms with Gasteiger partial charge in [-0.3, -0.25) is 4.79 Å². The van der Waals surface area contributed by atoms with E-state index in [-0.39, 0.29) is 5.41 Å². The van der Waals surface area contributed by atoms with Crippen molar-refractivity contribution in [2.75, 3.05) is 31.1 Å². The third kappa shape index (κ3) is 2.58. The van der Waals surface area contributed by atoms with Gasteiger partial charge in [-0.05, 0) is 67.4 Å². The van der Waals surface area contributed by atoms with Gasteiger partial charge in [0.2, 0.25) is 5.91 Å². The zero-order chi connectivity index (χ0) is 18.0. The number of para-hydroxylation sites is 1. The lowest BCUT2D eigenvalue weighted by atomic mass is 9.40. The molecule has 4 saturated carbocycles. The normalized spacial score (nSPS) is 41.5. The molecule has 4 aliphatic carbocycles. The number of piperazine rings is 1. The molecule has 3 nitrogen and oxygen atoms in total. The standard InChI is InChI=1S/C23H32N2O/c1-21-12-18-13-22(2,15-21)17-23(14-18,16-21)20(26)25-10-8-24(9-11-25)19-6-4-3-5-7-19/h3-7,18H,8-17H2,1-2H3. The summed E-state index contributed by atoms with van der Waals surface area (Å²) in [5, 5.41) is 0. The largest absolute Gasteiger partial charge is 0.368 e. The van der Waals surface area contributed by atoms with Gasteiger partial charge in [0.05, 0.1) is 5.41 Å². The van der Waals surface area contributed by atoms with Crippen LogP contribution >= 0.6 is 0 Å². The fraction of sp³-hybridized carbons (Fsp3) is 0.696. The van der Waals surface area contributed by atoms with Crippen LogP contribution in [0.3, 0.4) is 0 Å². The highest BCUT2D eigenvalue weighted by Gasteiger charge is 2.63. The topological polar surface area (TPSA) is 23.6 Å². The Bertz CT molecular complexity index is 688. The maximum absolute atomic E-state index is 13.7. The van der Waals surface area contributed by atoms with E-state index in [0.29, 0.717) is 16.7 Å². The number of benzene rings is 1. The Morgan fingerprint density at radius 3 is 2.08 bits per heavy atom. The molecule has 1 saturated heterocycles. The van der Waals surface area contributed by atoms with Gasteiger partial charge >= 0.3 is 0 Å². The minimum atomic E-state index is -0.0438. The van der Waals surface area contributed by atoms with E-state index in [0.717, 1.165) is 51.4 Å². The van der Waals surface area contributed by atoms with Crippen LogP contribution in [-0.4, -0.2) is 37.0 Å². The first-order valence-electron chi connectivity index (χ1n) is 10.5. The summed E-state index contributed by atoms with van der Waals surface area (Å²) in [6, 6.07) is 10.6. The monoisotopic (exact) mass is 352 g/mol. The zero-order valence-corrected chi connectivity index (χ0v) is 16.3. The number of hydrogen-bond donors (Lipinski definition) is 0. The van der Waals surface area contributed by atoms with Crippen molar-refractivity contribution < 1.29 is 4.79 Å². The van der Waals surface area contributed by atoms with Gasteiger partial charge in [-0.2, -0.15) is 0 Å². The molecular weight excluding hydrogens is 320 g/mol. The molecular formula is C23H32N2O. The van der Waals surface area contributed by atoms with Gasteiger partial charge in [0.15, 0.2) is 0 Å². The second-order valence-corrected chi connectivity index (χ2v) is 10.5. The minimum absolute atomic E-state index is 0.0438. The van der Waals surface area contributed by atoms with E-state index in [1.54, 1.807) is 0 Å². The predicted octanol–water partition coefficient (Wildman–Crippen LogP) is 4.33. The Hall–Kier alpha value is -1.51. The molecule has 6 rings (SSSR count). The molecule has 2 unspecified atom stereocenters. The molecule has 1 amide bonds. The summed E-state index contributed by atoms with van der Waals surface area (Å²) in [4.78, 5) is 18.3. The SMILES string of the molecule is CC12CC3CC(C)(C1)CC(C(=O)N1CCN(c4ccccc4)CC1)(C3)C2. The molecule has 0 radical (unpaired) electrons. The van der Waals surface area contributed by atoms with E-state index in [2.05, 4.69) is 54.0 Å². The smallest absolute Gasteiger partial charge is 0.228 e. The molecule has 0 aromatic heterocycles. The van der Waals surface area contributed by atoms with Crippen molar-refractivity contribution in [3.63, 3.8) is 0 Å². The highest BCUT2D eigenvalue weighted by Crippen LogP contribution is 2.69. The Balaban J connectivity index is 1.32. The molecule has 1 aliphatic heterocycles. The van der Waals surface area contributed by atoms with Crippen LogP contribution in [0.4, 0.5) is 5.69 Å². The summed E-state index contributed by atoms with van der Waals surface area (Å²) in [6.45, 7) is 8.62. The number of carbonyl (C=O) groups is 1. The maximum atomic E-state index is 13.7. The van der Waals surface area contributed by atoms with E-state index < -0.39 is 0 Å². The summed E-state index contributed by atoms with van der Waals surface area (Å²) < 4.78 is 0. The van der Waals surface area contributed by atoms with Gasteiger partial charge < -0.3 is 9.80 Å². The summed E-state index contributed by atoms with van der Waals surface area (Å²) in [5.74, 6) is 1.28. The Morgan fingerprint density at radius 2 is 1.50 bits per heavy atom. The molecule has 3 heteroatoms. The summed E-state index contributed by atoms with van der Waals surface area (Å²) in [6.07, 6.45) is 7.51. The highest BCUT2D eigenvalue weighted by atomic mass is 16.2. The second-order valence-electron chi connectivity index (χ2n) is 10.5. The lowest BCUT2D eigenvalue weighted by Gasteiger charge is -2.65.